The fourth-order valence-electron chi connectivity index (χ4n) is 4.37. The van der Waals surface area contributed by atoms with Crippen molar-refractivity contribution in [2.24, 2.45) is 5.92 Å². The van der Waals surface area contributed by atoms with Crippen LogP contribution in [0.25, 0.3) is 0 Å². The number of rotatable bonds is 3. The normalized spacial score (nSPS) is 29.9. The molecule has 0 saturated heterocycles. The molecule has 2 aliphatic heterocycles. The average molecular weight is 340 g/mol. The van der Waals surface area contributed by atoms with E-state index in [0.717, 1.165) is 0 Å². The van der Waals surface area contributed by atoms with Crippen LogP contribution in [0.2, 0.25) is 0 Å². The van der Waals surface area contributed by atoms with Gasteiger partial charge in [0.15, 0.2) is 0 Å². The Hall–Kier alpha value is -1.15. The van der Waals surface area contributed by atoms with Gasteiger partial charge < -0.3 is 5.32 Å². The lowest BCUT2D eigenvalue weighted by molar-refractivity contribution is 0.608. The van der Waals surface area contributed by atoms with Crippen LogP contribution in [-0.2, 0) is 0 Å². The van der Waals surface area contributed by atoms with E-state index in [-0.39, 0.29) is 0 Å². The molecule has 0 bridgehead atoms. The van der Waals surface area contributed by atoms with Crippen molar-refractivity contribution < 1.29 is 0 Å². The third kappa shape index (κ3) is 3.18. The minimum Gasteiger partial charge on any atom is -0.383 e. The molecule has 1 N–H and O–H groups in total. The maximum atomic E-state index is 3.74. The molecule has 0 spiro atoms. The molecule has 0 aromatic carbocycles. The molecule has 1 nitrogen and oxygen atoms in total. The van der Waals surface area contributed by atoms with E-state index < -0.39 is 0 Å². The molecule has 2 atom stereocenters. The van der Waals surface area contributed by atoms with Crippen molar-refractivity contribution in [3.05, 3.63) is 57.7 Å². The number of nitrogens with one attached hydrogen (secondary N) is 1. The Morgan fingerprint density at radius 1 is 1.17 bits per heavy atom. The van der Waals surface area contributed by atoms with Crippen LogP contribution in [0.15, 0.2) is 57.7 Å². The van der Waals surface area contributed by atoms with Gasteiger partial charge in [0, 0.05) is 11.4 Å². The molecule has 2 unspecified atom stereocenters. The molecule has 128 valence electrons. The standard InChI is InChI=1S/C22H29NS/c1-15(2)19-14-23-20(13-18(19)16-8-4-3-5-9-16)22-12-17-10-6-7-11-21(17)24-22/h3-4,8,13-15,20,22-23H,5-7,9-12H2,1-2H3. The van der Waals surface area contributed by atoms with Crippen LogP contribution in [0.4, 0.5) is 0 Å². The maximum Gasteiger partial charge on any atom is 0.0573 e. The third-order valence-corrected chi connectivity index (χ3v) is 7.28. The van der Waals surface area contributed by atoms with Gasteiger partial charge in [0.1, 0.15) is 0 Å². The van der Waals surface area contributed by atoms with E-state index in [4.69, 9.17) is 0 Å². The Morgan fingerprint density at radius 2 is 2.04 bits per heavy atom. The van der Waals surface area contributed by atoms with Crippen molar-refractivity contribution in [2.45, 2.75) is 70.1 Å². The quantitative estimate of drug-likeness (QED) is 0.673. The van der Waals surface area contributed by atoms with E-state index in [1.54, 1.807) is 10.5 Å². The van der Waals surface area contributed by atoms with E-state index in [9.17, 15) is 0 Å². The predicted molar refractivity (Wildman–Crippen MR) is 106 cm³/mol. The van der Waals surface area contributed by atoms with Gasteiger partial charge in [-0.1, -0.05) is 43.7 Å². The molecular weight excluding hydrogens is 310 g/mol. The van der Waals surface area contributed by atoms with Gasteiger partial charge in [0.05, 0.1) is 6.04 Å². The van der Waals surface area contributed by atoms with Crippen molar-refractivity contribution in [3.8, 4) is 0 Å². The van der Waals surface area contributed by atoms with Gasteiger partial charge >= 0.3 is 0 Å². The highest BCUT2D eigenvalue weighted by atomic mass is 32.2. The van der Waals surface area contributed by atoms with E-state index in [1.165, 1.54) is 61.7 Å². The highest BCUT2D eigenvalue weighted by Crippen LogP contribution is 2.47. The summed E-state index contributed by atoms with van der Waals surface area (Å²) in [6.07, 6.45) is 20.9. The van der Waals surface area contributed by atoms with Crippen molar-refractivity contribution in [2.75, 3.05) is 0 Å². The molecule has 2 heterocycles. The summed E-state index contributed by atoms with van der Waals surface area (Å²) in [7, 11) is 0. The first-order valence-corrected chi connectivity index (χ1v) is 10.5. The van der Waals surface area contributed by atoms with Crippen LogP contribution < -0.4 is 5.32 Å². The summed E-state index contributed by atoms with van der Waals surface area (Å²) in [5, 5.41) is 4.43. The van der Waals surface area contributed by atoms with Gasteiger partial charge in [0.25, 0.3) is 0 Å². The van der Waals surface area contributed by atoms with E-state index in [1.807, 2.05) is 0 Å². The Morgan fingerprint density at radius 3 is 2.79 bits per heavy atom. The smallest absolute Gasteiger partial charge is 0.0573 e. The second-order valence-electron chi connectivity index (χ2n) is 7.78. The lowest BCUT2D eigenvalue weighted by atomic mass is 9.83. The minimum atomic E-state index is 0.477. The number of dihydropyridines is 1. The lowest BCUT2D eigenvalue weighted by Crippen LogP contribution is -2.36. The van der Waals surface area contributed by atoms with Crippen LogP contribution >= 0.6 is 11.8 Å². The van der Waals surface area contributed by atoms with Crippen molar-refractivity contribution in [1.82, 2.24) is 5.32 Å². The number of hydrogen-bond acceptors (Lipinski definition) is 2. The topological polar surface area (TPSA) is 12.0 Å². The van der Waals surface area contributed by atoms with E-state index in [0.29, 0.717) is 17.2 Å². The van der Waals surface area contributed by atoms with Gasteiger partial charge in [-0.2, -0.15) is 0 Å². The zero-order valence-electron chi connectivity index (χ0n) is 15.0. The van der Waals surface area contributed by atoms with Crippen LogP contribution in [-0.4, -0.2) is 11.3 Å². The second-order valence-corrected chi connectivity index (χ2v) is 9.11. The molecule has 0 aromatic heterocycles. The number of hydrogen-bond donors (Lipinski definition) is 1. The third-order valence-electron chi connectivity index (χ3n) is 5.74. The molecule has 0 fully saturated rings. The van der Waals surface area contributed by atoms with E-state index in [2.05, 4.69) is 61.4 Å². The highest BCUT2D eigenvalue weighted by Gasteiger charge is 2.33. The first kappa shape index (κ1) is 16.3. The molecule has 2 aliphatic carbocycles. The molecule has 0 aromatic rings. The predicted octanol–water partition coefficient (Wildman–Crippen LogP) is 6.03. The molecule has 0 amide bonds. The van der Waals surface area contributed by atoms with Gasteiger partial charge in [-0.25, -0.2) is 0 Å². The summed E-state index contributed by atoms with van der Waals surface area (Å²) in [6.45, 7) is 4.62. The Kier molecular flexibility index (Phi) is 4.76. The summed E-state index contributed by atoms with van der Waals surface area (Å²) in [4.78, 5) is 1.72. The molecule has 0 saturated carbocycles. The van der Waals surface area contributed by atoms with Crippen molar-refractivity contribution in [1.29, 1.82) is 0 Å². The fraction of sp³-hybridized carbons (Fsp3) is 0.545. The fourth-order valence-corrected chi connectivity index (χ4v) is 5.93. The Balaban J connectivity index is 1.56. The monoisotopic (exact) mass is 339 g/mol. The zero-order valence-corrected chi connectivity index (χ0v) is 15.8. The SMILES string of the molecule is CC(C)C1=CNC(C2CC3=C(CCCC3)S2)C=C1C1=CC=CCC1. The summed E-state index contributed by atoms with van der Waals surface area (Å²) in [5.41, 5.74) is 6.30. The van der Waals surface area contributed by atoms with Crippen LogP contribution in [0.3, 0.4) is 0 Å². The highest BCUT2D eigenvalue weighted by molar-refractivity contribution is 8.04. The Bertz CT molecular complexity index is 637. The zero-order chi connectivity index (χ0) is 16.5. The lowest BCUT2D eigenvalue weighted by Gasteiger charge is -2.30. The number of allylic oxidation sites excluding steroid dienone is 8. The van der Waals surface area contributed by atoms with Crippen LogP contribution in [0, 0.1) is 5.92 Å². The summed E-state index contributed by atoms with van der Waals surface area (Å²) >= 11 is 2.17. The maximum absolute atomic E-state index is 3.74. The van der Waals surface area contributed by atoms with Crippen LogP contribution in [0.5, 0.6) is 0 Å². The minimum absolute atomic E-state index is 0.477. The molecule has 0 radical (unpaired) electrons. The number of thioether (sulfide) groups is 1. The molecular formula is C22H29NS. The van der Waals surface area contributed by atoms with Gasteiger partial charge in [-0.15, -0.1) is 11.8 Å². The van der Waals surface area contributed by atoms with Crippen molar-refractivity contribution >= 4 is 11.8 Å². The average Bonchev–Trinajstić information content (AvgIpc) is 3.06. The summed E-state index contributed by atoms with van der Waals surface area (Å²) in [6, 6.07) is 0.477. The van der Waals surface area contributed by atoms with Crippen LogP contribution in [0.1, 0.15) is 58.8 Å². The van der Waals surface area contributed by atoms with Gasteiger partial charge in [-0.05, 0) is 72.5 Å². The summed E-state index contributed by atoms with van der Waals surface area (Å²) < 4.78 is 0. The largest absolute Gasteiger partial charge is 0.383 e. The Labute approximate surface area is 151 Å². The van der Waals surface area contributed by atoms with Gasteiger partial charge in [-0.3, -0.25) is 0 Å². The second kappa shape index (κ2) is 7.00. The van der Waals surface area contributed by atoms with Gasteiger partial charge in [0.2, 0.25) is 0 Å². The van der Waals surface area contributed by atoms with Crippen molar-refractivity contribution in [3.63, 3.8) is 0 Å². The first-order chi connectivity index (χ1) is 11.7. The molecule has 2 heteroatoms. The molecule has 4 rings (SSSR count). The molecule has 4 aliphatic rings. The first-order valence-electron chi connectivity index (χ1n) is 9.64. The summed E-state index contributed by atoms with van der Waals surface area (Å²) in [5.74, 6) is 0.569. The van der Waals surface area contributed by atoms with E-state index >= 15 is 0 Å². The molecule has 24 heavy (non-hydrogen) atoms.